The predicted molar refractivity (Wildman–Crippen MR) is 48.8 cm³/mol. The maximum absolute atomic E-state index is 11.1. The SMILES string of the molecule is COC(=O)C1CC(CCC(=O)O)CN1. The fourth-order valence-corrected chi connectivity index (χ4v) is 1.68. The molecule has 1 aliphatic rings. The largest absolute Gasteiger partial charge is 0.481 e. The highest BCUT2D eigenvalue weighted by molar-refractivity contribution is 5.76. The third-order valence-corrected chi connectivity index (χ3v) is 2.47. The van der Waals surface area contributed by atoms with E-state index in [1.54, 1.807) is 0 Å². The topological polar surface area (TPSA) is 75.6 Å². The molecule has 5 heteroatoms. The second-order valence-corrected chi connectivity index (χ2v) is 3.52. The lowest BCUT2D eigenvalue weighted by Gasteiger charge is -2.07. The Kier molecular flexibility index (Phi) is 3.88. The van der Waals surface area contributed by atoms with Crippen LogP contribution in [0.4, 0.5) is 0 Å². The lowest BCUT2D eigenvalue weighted by molar-refractivity contribution is -0.142. The Morgan fingerprint density at radius 3 is 2.86 bits per heavy atom. The second kappa shape index (κ2) is 4.95. The molecule has 2 atom stereocenters. The fourth-order valence-electron chi connectivity index (χ4n) is 1.68. The van der Waals surface area contributed by atoms with E-state index in [1.807, 2.05) is 0 Å². The van der Waals surface area contributed by atoms with Crippen LogP contribution in [0, 0.1) is 5.92 Å². The molecule has 0 aromatic rings. The highest BCUT2D eigenvalue weighted by Crippen LogP contribution is 2.19. The zero-order valence-corrected chi connectivity index (χ0v) is 8.16. The molecule has 0 amide bonds. The van der Waals surface area contributed by atoms with E-state index in [0.717, 1.165) is 0 Å². The van der Waals surface area contributed by atoms with Crippen molar-refractivity contribution in [2.24, 2.45) is 5.92 Å². The molecule has 1 fully saturated rings. The van der Waals surface area contributed by atoms with Crippen molar-refractivity contribution in [1.82, 2.24) is 5.32 Å². The number of hydrogen-bond acceptors (Lipinski definition) is 4. The number of carboxylic acid groups (broad SMARTS) is 1. The van der Waals surface area contributed by atoms with Gasteiger partial charge in [0.15, 0.2) is 0 Å². The third-order valence-electron chi connectivity index (χ3n) is 2.47. The first-order valence-electron chi connectivity index (χ1n) is 4.66. The van der Waals surface area contributed by atoms with Crippen LogP contribution in [0.3, 0.4) is 0 Å². The molecule has 80 valence electrons. The molecule has 14 heavy (non-hydrogen) atoms. The molecule has 0 radical (unpaired) electrons. The molecule has 0 aliphatic carbocycles. The average Bonchev–Trinajstić information content (AvgIpc) is 2.62. The van der Waals surface area contributed by atoms with Gasteiger partial charge < -0.3 is 15.2 Å². The van der Waals surface area contributed by atoms with Crippen LogP contribution < -0.4 is 5.32 Å². The molecular formula is C9H15NO4. The van der Waals surface area contributed by atoms with E-state index in [1.165, 1.54) is 7.11 Å². The number of nitrogens with one attached hydrogen (secondary N) is 1. The van der Waals surface area contributed by atoms with E-state index >= 15 is 0 Å². The summed E-state index contributed by atoms with van der Waals surface area (Å²) in [5, 5.41) is 11.5. The van der Waals surface area contributed by atoms with Gasteiger partial charge in [-0.05, 0) is 25.3 Å². The van der Waals surface area contributed by atoms with Gasteiger partial charge >= 0.3 is 11.9 Å². The minimum atomic E-state index is -0.786. The number of aliphatic carboxylic acids is 1. The van der Waals surface area contributed by atoms with Crippen LogP contribution >= 0.6 is 0 Å². The van der Waals surface area contributed by atoms with Gasteiger partial charge in [-0.15, -0.1) is 0 Å². The monoisotopic (exact) mass is 201 g/mol. The summed E-state index contributed by atoms with van der Waals surface area (Å²) in [4.78, 5) is 21.4. The number of hydrogen-bond donors (Lipinski definition) is 2. The average molecular weight is 201 g/mol. The lowest BCUT2D eigenvalue weighted by atomic mass is 10.00. The van der Waals surface area contributed by atoms with Gasteiger partial charge in [0.1, 0.15) is 6.04 Å². The molecule has 5 nitrogen and oxygen atoms in total. The van der Waals surface area contributed by atoms with Gasteiger partial charge in [-0.2, -0.15) is 0 Å². The van der Waals surface area contributed by atoms with E-state index in [-0.39, 0.29) is 24.3 Å². The normalized spacial score (nSPS) is 26.1. The van der Waals surface area contributed by atoms with E-state index in [4.69, 9.17) is 5.11 Å². The van der Waals surface area contributed by atoms with Crippen molar-refractivity contribution in [3.63, 3.8) is 0 Å². The Morgan fingerprint density at radius 1 is 1.57 bits per heavy atom. The molecule has 0 saturated carbocycles. The summed E-state index contributed by atoms with van der Waals surface area (Å²) in [6, 6.07) is -0.251. The Balaban J connectivity index is 2.27. The van der Waals surface area contributed by atoms with Crippen LogP contribution in [0.1, 0.15) is 19.3 Å². The quantitative estimate of drug-likeness (QED) is 0.626. The zero-order valence-electron chi connectivity index (χ0n) is 8.16. The number of carboxylic acids is 1. The number of carbonyl (C=O) groups excluding carboxylic acids is 1. The molecule has 2 N–H and O–H groups in total. The number of carbonyl (C=O) groups is 2. The Bertz CT molecular complexity index is 229. The van der Waals surface area contributed by atoms with Crippen molar-refractivity contribution in [2.45, 2.75) is 25.3 Å². The van der Waals surface area contributed by atoms with Crippen molar-refractivity contribution >= 4 is 11.9 Å². The Morgan fingerprint density at radius 2 is 2.29 bits per heavy atom. The summed E-state index contributed by atoms with van der Waals surface area (Å²) < 4.78 is 4.59. The van der Waals surface area contributed by atoms with Crippen LogP contribution in [0.15, 0.2) is 0 Å². The molecule has 1 heterocycles. The Labute approximate surface area is 82.4 Å². The Hall–Kier alpha value is -1.10. The van der Waals surface area contributed by atoms with Crippen LogP contribution in [0.2, 0.25) is 0 Å². The van der Waals surface area contributed by atoms with Gasteiger partial charge in [0.05, 0.1) is 7.11 Å². The maximum atomic E-state index is 11.1. The molecule has 0 aromatic heterocycles. The van der Waals surface area contributed by atoms with Crippen molar-refractivity contribution in [3.05, 3.63) is 0 Å². The second-order valence-electron chi connectivity index (χ2n) is 3.52. The smallest absolute Gasteiger partial charge is 0.322 e. The minimum Gasteiger partial charge on any atom is -0.481 e. The van der Waals surface area contributed by atoms with Gasteiger partial charge in [0.25, 0.3) is 0 Å². The first-order valence-corrected chi connectivity index (χ1v) is 4.66. The van der Waals surface area contributed by atoms with Crippen molar-refractivity contribution < 1.29 is 19.4 Å². The summed E-state index contributed by atoms with van der Waals surface area (Å²) in [6.45, 7) is 0.701. The van der Waals surface area contributed by atoms with E-state index in [2.05, 4.69) is 10.1 Å². The number of rotatable bonds is 4. The molecule has 1 saturated heterocycles. The van der Waals surface area contributed by atoms with Gasteiger partial charge in [-0.1, -0.05) is 0 Å². The van der Waals surface area contributed by atoms with Crippen LogP contribution in [0.25, 0.3) is 0 Å². The fraction of sp³-hybridized carbons (Fsp3) is 0.778. The molecule has 1 aliphatic heterocycles. The van der Waals surface area contributed by atoms with Crippen molar-refractivity contribution in [3.8, 4) is 0 Å². The van der Waals surface area contributed by atoms with E-state index < -0.39 is 5.97 Å². The van der Waals surface area contributed by atoms with Gasteiger partial charge in [-0.3, -0.25) is 9.59 Å². The van der Waals surface area contributed by atoms with Crippen molar-refractivity contribution in [1.29, 1.82) is 0 Å². The zero-order chi connectivity index (χ0) is 10.6. The van der Waals surface area contributed by atoms with E-state index in [9.17, 15) is 9.59 Å². The number of esters is 1. The van der Waals surface area contributed by atoms with Gasteiger partial charge in [0, 0.05) is 6.42 Å². The highest BCUT2D eigenvalue weighted by atomic mass is 16.5. The third kappa shape index (κ3) is 2.99. The van der Waals surface area contributed by atoms with Crippen LogP contribution in [-0.4, -0.2) is 36.7 Å². The molecule has 2 unspecified atom stereocenters. The van der Waals surface area contributed by atoms with Gasteiger partial charge in [-0.25, -0.2) is 0 Å². The maximum Gasteiger partial charge on any atom is 0.322 e. The lowest BCUT2D eigenvalue weighted by Crippen LogP contribution is -2.31. The summed E-state index contributed by atoms with van der Waals surface area (Å²) in [5.74, 6) is -0.774. The van der Waals surface area contributed by atoms with Crippen LogP contribution in [-0.2, 0) is 14.3 Å². The number of ether oxygens (including phenoxy) is 1. The minimum absolute atomic E-state index is 0.167. The predicted octanol–water partition coefficient (Wildman–Crippen LogP) is 0.00230. The number of methoxy groups -OCH3 is 1. The highest BCUT2D eigenvalue weighted by Gasteiger charge is 2.29. The molecule has 0 bridgehead atoms. The standard InChI is InChI=1S/C9H15NO4/c1-14-9(13)7-4-6(5-10-7)2-3-8(11)12/h6-7,10H,2-5H2,1H3,(H,11,12). The summed E-state index contributed by atoms with van der Waals surface area (Å²) in [6.07, 6.45) is 1.47. The molecule has 0 spiro atoms. The first kappa shape index (κ1) is 11.0. The summed E-state index contributed by atoms with van der Waals surface area (Å²) in [7, 11) is 1.36. The van der Waals surface area contributed by atoms with E-state index in [0.29, 0.717) is 19.4 Å². The summed E-state index contributed by atoms with van der Waals surface area (Å²) >= 11 is 0. The molecule has 0 aromatic carbocycles. The van der Waals surface area contributed by atoms with Crippen LogP contribution in [0.5, 0.6) is 0 Å². The molecular weight excluding hydrogens is 186 g/mol. The first-order chi connectivity index (χ1) is 6.63. The molecule has 1 rings (SSSR count). The van der Waals surface area contributed by atoms with Crippen molar-refractivity contribution in [2.75, 3.05) is 13.7 Å². The van der Waals surface area contributed by atoms with Gasteiger partial charge in [0.2, 0.25) is 0 Å². The summed E-state index contributed by atoms with van der Waals surface area (Å²) in [5.41, 5.74) is 0.